The minimum Gasteiger partial charge on any atom is -0.311 e. The van der Waals surface area contributed by atoms with Gasteiger partial charge >= 0.3 is 0 Å². The van der Waals surface area contributed by atoms with E-state index in [1.54, 1.807) is 0 Å². The summed E-state index contributed by atoms with van der Waals surface area (Å²) in [6, 6.07) is 50.3. The molecule has 2 aliphatic heterocycles. The molecule has 5 heteroatoms. The fourth-order valence-electron chi connectivity index (χ4n) is 7.49. The number of anilines is 6. The van der Waals surface area contributed by atoms with Crippen molar-refractivity contribution in [2.75, 3.05) is 9.80 Å². The maximum atomic E-state index is 4.82. The predicted octanol–water partition coefficient (Wildman–Crippen LogP) is 8.51. The van der Waals surface area contributed by atoms with Crippen molar-refractivity contribution in [3.8, 4) is 22.5 Å². The smallest absolute Gasteiger partial charge is 0.252 e. The lowest BCUT2D eigenvalue weighted by molar-refractivity contribution is 1.23. The topological polar surface area (TPSA) is 32.3 Å². The highest BCUT2D eigenvalue weighted by Gasteiger charge is 2.43. The maximum absolute atomic E-state index is 4.82. The molecule has 0 amide bonds. The standard InChI is InChI=1S/C42H31BN4/c1-28-22-24-44-34(26-28)30-12-3-7-16-36(30)46-38-18-9-5-14-32(38)43-33-15-6-10-19-39(33)47(41-21-11-20-40(46)42(41)43)37-17-8-4-13-31(37)35-27-29(2)23-25-45-35/h3-27H,1-2H3. The molecule has 5 aromatic carbocycles. The third kappa shape index (κ3) is 4.31. The van der Waals surface area contributed by atoms with Crippen LogP contribution < -0.4 is 26.2 Å². The van der Waals surface area contributed by atoms with Crippen molar-refractivity contribution < 1.29 is 0 Å². The van der Waals surface area contributed by atoms with Gasteiger partial charge in [0.05, 0.1) is 22.8 Å². The van der Waals surface area contributed by atoms with Crippen LogP contribution in [0.5, 0.6) is 0 Å². The number of benzene rings is 5. The molecule has 0 atom stereocenters. The molecular formula is C42H31BN4. The van der Waals surface area contributed by atoms with E-state index in [0.29, 0.717) is 0 Å². The number of aromatic nitrogens is 2. The summed E-state index contributed by atoms with van der Waals surface area (Å²) in [6.45, 7) is 4.32. The van der Waals surface area contributed by atoms with E-state index in [0.717, 1.165) is 33.9 Å². The lowest BCUT2D eigenvalue weighted by Crippen LogP contribution is -2.61. The van der Waals surface area contributed by atoms with E-state index in [-0.39, 0.29) is 6.71 Å². The van der Waals surface area contributed by atoms with Crippen LogP contribution >= 0.6 is 0 Å². The summed E-state index contributed by atoms with van der Waals surface area (Å²) in [5.41, 5.74) is 17.4. The second-order valence-corrected chi connectivity index (χ2v) is 12.4. The van der Waals surface area contributed by atoms with Gasteiger partial charge in [0, 0.05) is 46.3 Å². The van der Waals surface area contributed by atoms with Crippen LogP contribution in [0.15, 0.2) is 152 Å². The van der Waals surface area contributed by atoms with Crippen molar-refractivity contribution in [2.45, 2.75) is 13.8 Å². The molecule has 0 N–H and O–H groups in total. The first-order chi connectivity index (χ1) is 23.2. The summed E-state index contributed by atoms with van der Waals surface area (Å²) < 4.78 is 0. The molecule has 0 bridgehead atoms. The van der Waals surface area contributed by atoms with Gasteiger partial charge in [-0.25, -0.2) is 0 Å². The van der Waals surface area contributed by atoms with Crippen molar-refractivity contribution in [3.05, 3.63) is 163 Å². The summed E-state index contributed by atoms with van der Waals surface area (Å²) in [5.74, 6) is 0. The molecule has 0 aliphatic carbocycles. The molecule has 0 spiro atoms. The fraction of sp³-hybridized carbons (Fsp3) is 0.0476. The minimum atomic E-state index is 0.0783. The van der Waals surface area contributed by atoms with E-state index < -0.39 is 0 Å². The molecule has 4 heterocycles. The molecule has 0 radical (unpaired) electrons. The van der Waals surface area contributed by atoms with Crippen LogP contribution in [0.25, 0.3) is 22.5 Å². The number of hydrogen-bond acceptors (Lipinski definition) is 4. The van der Waals surface area contributed by atoms with E-state index in [4.69, 9.17) is 9.97 Å². The minimum absolute atomic E-state index is 0.0783. The Morgan fingerprint density at radius 2 is 0.830 bits per heavy atom. The maximum Gasteiger partial charge on any atom is 0.252 e. The Labute approximate surface area is 275 Å². The quantitative estimate of drug-likeness (QED) is 0.189. The normalized spacial score (nSPS) is 12.8. The zero-order valence-corrected chi connectivity index (χ0v) is 26.3. The third-order valence-electron chi connectivity index (χ3n) is 9.48. The summed E-state index contributed by atoms with van der Waals surface area (Å²) >= 11 is 0. The summed E-state index contributed by atoms with van der Waals surface area (Å²) in [4.78, 5) is 14.5. The molecule has 7 aromatic rings. The van der Waals surface area contributed by atoms with Crippen molar-refractivity contribution in [2.24, 2.45) is 0 Å². The van der Waals surface area contributed by atoms with Gasteiger partial charge in [-0.3, -0.25) is 9.97 Å². The Bertz CT molecular complexity index is 2170. The van der Waals surface area contributed by atoms with Crippen LogP contribution in [0.3, 0.4) is 0 Å². The van der Waals surface area contributed by atoms with Gasteiger partial charge in [-0.05, 0) is 102 Å². The number of aryl methyl sites for hydroxylation is 2. The molecule has 0 saturated carbocycles. The first-order valence-electron chi connectivity index (χ1n) is 16.1. The summed E-state index contributed by atoms with van der Waals surface area (Å²) in [7, 11) is 0. The highest BCUT2D eigenvalue weighted by molar-refractivity contribution is 7.00. The molecule has 9 rings (SSSR count). The van der Waals surface area contributed by atoms with Crippen LogP contribution in [0.2, 0.25) is 0 Å². The van der Waals surface area contributed by atoms with Crippen LogP contribution in [0.4, 0.5) is 34.1 Å². The van der Waals surface area contributed by atoms with E-state index in [2.05, 4.69) is 163 Å². The SMILES string of the molecule is Cc1ccnc(-c2ccccc2N2c3ccccc3B3c4ccccc4N(c4ccccc4-c4cc(C)ccn4)c4cccc2c43)c1. The first kappa shape index (κ1) is 27.4. The highest BCUT2D eigenvalue weighted by atomic mass is 15.2. The lowest BCUT2D eigenvalue weighted by Gasteiger charge is -2.44. The summed E-state index contributed by atoms with van der Waals surface area (Å²) in [5, 5.41) is 0. The van der Waals surface area contributed by atoms with Crippen LogP contribution in [-0.4, -0.2) is 16.7 Å². The largest absolute Gasteiger partial charge is 0.311 e. The predicted molar refractivity (Wildman–Crippen MR) is 196 cm³/mol. The van der Waals surface area contributed by atoms with Crippen LogP contribution in [-0.2, 0) is 0 Å². The fourth-order valence-corrected chi connectivity index (χ4v) is 7.49. The number of rotatable bonds is 4. The Balaban J connectivity index is 1.33. The van der Waals surface area contributed by atoms with Gasteiger partial charge < -0.3 is 9.80 Å². The van der Waals surface area contributed by atoms with E-state index >= 15 is 0 Å². The van der Waals surface area contributed by atoms with Gasteiger partial charge in [0.1, 0.15) is 0 Å². The molecule has 0 saturated heterocycles. The molecule has 2 aromatic heterocycles. The number of fused-ring (bicyclic) bond motifs is 4. The second kappa shape index (κ2) is 10.9. The van der Waals surface area contributed by atoms with E-state index in [9.17, 15) is 0 Å². The average molecular weight is 603 g/mol. The second-order valence-electron chi connectivity index (χ2n) is 12.4. The van der Waals surface area contributed by atoms with Crippen molar-refractivity contribution >= 4 is 57.2 Å². The van der Waals surface area contributed by atoms with E-state index in [1.807, 2.05) is 12.4 Å². The van der Waals surface area contributed by atoms with Crippen molar-refractivity contribution in [1.82, 2.24) is 9.97 Å². The monoisotopic (exact) mass is 602 g/mol. The molecule has 47 heavy (non-hydrogen) atoms. The van der Waals surface area contributed by atoms with E-state index in [1.165, 1.54) is 50.3 Å². The third-order valence-corrected chi connectivity index (χ3v) is 9.48. The number of nitrogens with zero attached hydrogens (tertiary/aromatic N) is 4. The molecule has 222 valence electrons. The Morgan fingerprint density at radius 1 is 0.426 bits per heavy atom. The molecule has 0 unspecified atom stereocenters. The van der Waals surface area contributed by atoms with Gasteiger partial charge in [0.2, 0.25) is 0 Å². The van der Waals surface area contributed by atoms with Crippen LogP contribution in [0, 0.1) is 13.8 Å². The van der Waals surface area contributed by atoms with Crippen LogP contribution in [0.1, 0.15) is 11.1 Å². The lowest BCUT2D eigenvalue weighted by atomic mass is 9.33. The summed E-state index contributed by atoms with van der Waals surface area (Å²) in [6.07, 6.45) is 3.81. The molecule has 2 aliphatic rings. The molecular weight excluding hydrogens is 571 g/mol. The van der Waals surface area contributed by atoms with Crippen molar-refractivity contribution in [1.29, 1.82) is 0 Å². The average Bonchev–Trinajstić information content (AvgIpc) is 3.11. The number of pyridine rings is 2. The Hall–Kier alpha value is -5.94. The van der Waals surface area contributed by atoms with Gasteiger partial charge in [-0.1, -0.05) is 78.9 Å². The number of para-hydroxylation sites is 4. The zero-order chi connectivity index (χ0) is 31.5. The molecule has 4 nitrogen and oxygen atoms in total. The van der Waals surface area contributed by atoms with Gasteiger partial charge in [-0.2, -0.15) is 0 Å². The van der Waals surface area contributed by atoms with Crippen molar-refractivity contribution in [3.63, 3.8) is 0 Å². The highest BCUT2D eigenvalue weighted by Crippen LogP contribution is 2.47. The van der Waals surface area contributed by atoms with Gasteiger partial charge in [-0.15, -0.1) is 0 Å². The molecule has 0 fully saturated rings. The first-order valence-corrected chi connectivity index (χ1v) is 16.1. The Morgan fingerprint density at radius 3 is 1.30 bits per heavy atom. The Kier molecular flexibility index (Phi) is 6.32. The van der Waals surface area contributed by atoms with Gasteiger partial charge in [0.25, 0.3) is 6.71 Å². The zero-order valence-electron chi connectivity index (χ0n) is 26.3. The number of hydrogen-bond donors (Lipinski definition) is 0. The van der Waals surface area contributed by atoms with Gasteiger partial charge in [0.15, 0.2) is 0 Å².